The number of aliphatic imine (C=N–C) groups is 1. The number of ether oxygens (including phenoxy) is 1. The summed E-state index contributed by atoms with van der Waals surface area (Å²) in [4.78, 5) is 6.34. The topological polar surface area (TPSA) is 48.7 Å². The van der Waals surface area contributed by atoms with Gasteiger partial charge in [0.1, 0.15) is 5.84 Å². The number of amidine groups is 2. The first-order chi connectivity index (χ1) is 5.86. The molecular formula is C7H12ClN3OS. The lowest BCUT2D eigenvalue weighted by Gasteiger charge is -2.27. The van der Waals surface area contributed by atoms with Crippen LogP contribution in [0.25, 0.3) is 0 Å². The van der Waals surface area contributed by atoms with E-state index in [2.05, 4.69) is 9.89 Å². The molecule has 0 saturated carbocycles. The van der Waals surface area contributed by atoms with E-state index >= 15 is 0 Å². The van der Waals surface area contributed by atoms with E-state index in [-0.39, 0.29) is 12.4 Å². The van der Waals surface area contributed by atoms with Crippen LogP contribution in [0.15, 0.2) is 4.99 Å². The Morgan fingerprint density at radius 3 is 2.62 bits per heavy atom. The van der Waals surface area contributed by atoms with E-state index in [1.165, 1.54) is 0 Å². The zero-order valence-electron chi connectivity index (χ0n) is 7.15. The minimum Gasteiger partial charge on any atom is -0.378 e. The predicted molar refractivity (Wildman–Crippen MR) is 57.3 cm³/mol. The lowest BCUT2D eigenvalue weighted by atomic mass is 10.5. The molecule has 0 aromatic carbocycles. The summed E-state index contributed by atoms with van der Waals surface area (Å²) in [6, 6.07) is 0. The summed E-state index contributed by atoms with van der Waals surface area (Å²) in [6.07, 6.45) is 0. The van der Waals surface area contributed by atoms with E-state index in [4.69, 9.17) is 10.1 Å². The van der Waals surface area contributed by atoms with Crippen molar-refractivity contribution in [1.29, 1.82) is 5.41 Å². The van der Waals surface area contributed by atoms with E-state index in [9.17, 15) is 0 Å². The average Bonchev–Trinajstić information content (AvgIpc) is 2.54. The van der Waals surface area contributed by atoms with E-state index in [1.54, 1.807) is 11.8 Å². The summed E-state index contributed by atoms with van der Waals surface area (Å²) in [5.41, 5.74) is 0. The quantitative estimate of drug-likeness (QED) is 0.659. The van der Waals surface area contributed by atoms with E-state index < -0.39 is 0 Å². The molecule has 0 amide bonds. The molecule has 0 atom stereocenters. The highest BCUT2D eigenvalue weighted by atomic mass is 35.5. The largest absolute Gasteiger partial charge is 0.378 e. The van der Waals surface area contributed by atoms with Gasteiger partial charge in [-0.15, -0.1) is 12.4 Å². The molecule has 0 aromatic rings. The van der Waals surface area contributed by atoms with Crippen LogP contribution in [0.3, 0.4) is 0 Å². The smallest absolute Gasteiger partial charge is 0.166 e. The van der Waals surface area contributed by atoms with Crippen LogP contribution in [0.2, 0.25) is 0 Å². The van der Waals surface area contributed by atoms with Crippen LogP contribution < -0.4 is 0 Å². The molecule has 0 aromatic heterocycles. The summed E-state index contributed by atoms with van der Waals surface area (Å²) in [6.45, 7) is 3.40. The van der Waals surface area contributed by atoms with Crippen molar-refractivity contribution in [2.24, 2.45) is 4.99 Å². The van der Waals surface area contributed by atoms with Gasteiger partial charge in [0.15, 0.2) is 5.17 Å². The molecule has 4 nitrogen and oxygen atoms in total. The molecule has 0 radical (unpaired) electrons. The maximum Gasteiger partial charge on any atom is 0.166 e. The molecule has 2 heterocycles. The highest BCUT2D eigenvalue weighted by molar-refractivity contribution is 8.14. The molecule has 0 aliphatic carbocycles. The van der Waals surface area contributed by atoms with Crippen molar-refractivity contribution in [2.75, 3.05) is 32.1 Å². The monoisotopic (exact) mass is 221 g/mol. The van der Waals surface area contributed by atoms with Gasteiger partial charge in [-0.05, 0) is 0 Å². The summed E-state index contributed by atoms with van der Waals surface area (Å²) in [7, 11) is 0. The Kier molecular flexibility index (Phi) is 4.02. The van der Waals surface area contributed by atoms with Crippen molar-refractivity contribution in [1.82, 2.24) is 4.90 Å². The number of nitrogens with zero attached hydrogens (tertiary/aromatic N) is 2. The number of halogens is 1. The molecule has 2 aliphatic rings. The number of nitrogens with one attached hydrogen (secondary N) is 1. The third-order valence-corrected chi connectivity index (χ3v) is 2.88. The molecule has 2 aliphatic heterocycles. The van der Waals surface area contributed by atoms with Gasteiger partial charge in [-0.1, -0.05) is 11.8 Å². The van der Waals surface area contributed by atoms with Gasteiger partial charge in [0.05, 0.1) is 19.0 Å². The second kappa shape index (κ2) is 4.83. The van der Waals surface area contributed by atoms with Crippen LogP contribution in [-0.4, -0.2) is 48.0 Å². The third kappa shape index (κ3) is 2.59. The molecule has 0 spiro atoms. The van der Waals surface area contributed by atoms with Crippen molar-refractivity contribution >= 4 is 35.2 Å². The van der Waals surface area contributed by atoms with Crippen molar-refractivity contribution in [2.45, 2.75) is 0 Å². The van der Waals surface area contributed by atoms with Gasteiger partial charge < -0.3 is 9.64 Å². The van der Waals surface area contributed by atoms with Crippen LogP contribution in [0.1, 0.15) is 0 Å². The van der Waals surface area contributed by atoms with Crippen molar-refractivity contribution in [3.8, 4) is 0 Å². The SMILES string of the molecule is Cl.N=C1CSC(N2CCOCC2)=N1. The van der Waals surface area contributed by atoms with Gasteiger partial charge >= 0.3 is 0 Å². The normalized spacial score (nSPS) is 22.6. The second-order valence-electron chi connectivity index (χ2n) is 2.73. The second-order valence-corrected chi connectivity index (χ2v) is 3.67. The molecule has 13 heavy (non-hydrogen) atoms. The fraction of sp³-hybridized carbons (Fsp3) is 0.714. The Bertz CT molecular complexity index is 228. The van der Waals surface area contributed by atoms with Crippen LogP contribution in [0, 0.1) is 5.41 Å². The lowest BCUT2D eigenvalue weighted by molar-refractivity contribution is 0.0694. The predicted octanol–water partition coefficient (Wildman–Crippen LogP) is 0.820. The maximum atomic E-state index is 7.33. The number of rotatable bonds is 0. The summed E-state index contributed by atoms with van der Waals surface area (Å²) in [5.74, 6) is 1.22. The number of hydrogen-bond acceptors (Lipinski definition) is 4. The van der Waals surface area contributed by atoms with E-state index in [0.717, 1.165) is 37.2 Å². The first kappa shape index (κ1) is 10.8. The highest BCUT2D eigenvalue weighted by Gasteiger charge is 2.20. The van der Waals surface area contributed by atoms with Crippen LogP contribution in [0.4, 0.5) is 0 Å². The zero-order chi connectivity index (χ0) is 8.39. The third-order valence-electron chi connectivity index (χ3n) is 1.85. The molecule has 0 bridgehead atoms. The first-order valence-corrected chi connectivity index (χ1v) is 4.96. The molecule has 0 unspecified atom stereocenters. The van der Waals surface area contributed by atoms with E-state index in [1.807, 2.05) is 0 Å². The molecule has 1 N–H and O–H groups in total. The van der Waals surface area contributed by atoms with Crippen LogP contribution in [0.5, 0.6) is 0 Å². The molecule has 2 rings (SSSR count). The molecular weight excluding hydrogens is 210 g/mol. The molecule has 1 saturated heterocycles. The minimum atomic E-state index is 0. The average molecular weight is 222 g/mol. The zero-order valence-corrected chi connectivity index (χ0v) is 8.79. The molecule has 6 heteroatoms. The van der Waals surface area contributed by atoms with Crippen molar-refractivity contribution in [3.05, 3.63) is 0 Å². The van der Waals surface area contributed by atoms with Crippen molar-refractivity contribution < 1.29 is 4.74 Å². The Morgan fingerprint density at radius 2 is 2.08 bits per heavy atom. The molecule has 1 fully saturated rings. The number of hydrogen-bond donors (Lipinski definition) is 1. The van der Waals surface area contributed by atoms with Gasteiger partial charge in [-0.2, -0.15) is 0 Å². The lowest BCUT2D eigenvalue weighted by Crippen LogP contribution is -2.38. The van der Waals surface area contributed by atoms with Crippen LogP contribution in [-0.2, 0) is 4.74 Å². The Hall–Kier alpha value is -0.260. The standard InChI is InChI=1S/C7H11N3OS.ClH/c8-6-5-12-7(9-6)10-1-3-11-4-2-10;/h8H,1-5H2;1H. The van der Waals surface area contributed by atoms with Gasteiger partial charge in [0.2, 0.25) is 0 Å². The van der Waals surface area contributed by atoms with Gasteiger partial charge in [-0.25, -0.2) is 4.99 Å². The fourth-order valence-corrected chi connectivity index (χ4v) is 2.10. The Morgan fingerprint density at radius 1 is 1.38 bits per heavy atom. The Labute approximate surface area is 87.6 Å². The molecule has 74 valence electrons. The Balaban J connectivity index is 0.000000845. The van der Waals surface area contributed by atoms with E-state index in [0.29, 0.717) is 5.84 Å². The number of morpholine rings is 1. The van der Waals surface area contributed by atoms with Gasteiger partial charge in [0, 0.05) is 13.1 Å². The van der Waals surface area contributed by atoms with Crippen LogP contribution >= 0.6 is 24.2 Å². The summed E-state index contributed by atoms with van der Waals surface area (Å²) < 4.78 is 5.23. The minimum absolute atomic E-state index is 0. The highest BCUT2D eigenvalue weighted by Crippen LogP contribution is 2.17. The maximum absolute atomic E-state index is 7.33. The van der Waals surface area contributed by atoms with Crippen molar-refractivity contribution in [3.63, 3.8) is 0 Å². The van der Waals surface area contributed by atoms with Gasteiger partial charge in [0.25, 0.3) is 0 Å². The van der Waals surface area contributed by atoms with Gasteiger partial charge in [-0.3, -0.25) is 5.41 Å². The fourth-order valence-electron chi connectivity index (χ4n) is 1.23. The number of thioether (sulfide) groups is 1. The first-order valence-electron chi connectivity index (χ1n) is 3.98. The summed E-state index contributed by atoms with van der Waals surface area (Å²) in [5, 5.41) is 8.33. The summed E-state index contributed by atoms with van der Waals surface area (Å²) >= 11 is 1.65.